The van der Waals surface area contributed by atoms with Crippen LogP contribution in [0.15, 0.2) is 72.8 Å². The molecule has 1 heterocycles. The van der Waals surface area contributed by atoms with E-state index in [0.717, 1.165) is 17.5 Å². The second-order valence-corrected chi connectivity index (χ2v) is 11.0. The van der Waals surface area contributed by atoms with E-state index in [1.165, 1.54) is 21.3 Å². The SMILES string of the molecule is COc1cc(C(=O)N2C(CC(C)C)SCC2C(=O)NC(c2ccccc2)c2ccccc2)cc(OC)c1OC. The molecule has 0 saturated carbocycles. The molecule has 3 aromatic carbocycles. The molecular formula is C31H36N2O5S. The summed E-state index contributed by atoms with van der Waals surface area (Å²) in [6, 6.07) is 22.1. The van der Waals surface area contributed by atoms with Crippen molar-refractivity contribution in [2.45, 2.75) is 37.7 Å². The highest BCUT2D eigenvalue weighted by Crippen LogP contribution is 2.41. The van der Waals surface area contributed by atoms with Gasteiger partial charge in [0.05, 0.1) is 32.7 Å². The number of thioether (sulfide) groups is 1. The van der Waals surface area contributed by atoms with Gasteiger partial charge in [0, 0.05) is 11.3 Å². The summed E-state index contributed by atoms with van der Waals surface area (Å²) in [4.78, 5) is 29.8. The summed E-state index contributed by atoms with van der Waals surface area (Å²) in [6.07, 6.45) is 0.769. The fourth-order valence-corrected chi connectivity index (χ4v) is 6.51. The summed E-state index contributed by atoms with van der Waals surface area (Å²) in [5.41, 5.74) is 2.33. The maximum Gasteiger partial charge on any atom is 0.255 e. The Kier molecular flexibility index (Phi) is 9.41. The molecule has 4 rings (SSSR count). The van der Waals surface area contributed by atoms with E-state index in [0.29, 0.717) is 34.5 Å². The normalized spacial score (nSPS) is 16.8. The van der Waals surface area contributed by atoms with E-state index in [4.69, 9.17) is 14.2 Å². The number of benzene rings is 3. The van der Waals surface area contributed by atoms with Gasteiger partial charge in [0.1, 0.15) is 6.04 Å². The van der Waals surface area contributed by atoms with Gasteiger partial charge in [-0.05, 0) is 35.6 Å². The summed E-state index contributed by atoms with van der Waals surface area (Å²) in [6.45, 7) is 4.24. The zero-order valence-electron chi connectivity index (χ0n) is 23.0. The second-order valence-electron chi connectivity index (χ2n) is 9.82. The molecule has 0 spiro atoms. The Morgan fingerprint density at radius 3 is 1.90 bits per heavy atom. The van der Waals surface area contributed by atoms with Crippen molar-refractivity contribution in [1.29, 1.82) is 0 Å². The van der Waals surface area contributed by atoms with Gasteiger partial charge in [-0.2, -0.15) is 0 Å². The van der Waals surface area contributed by atoms with Gasteiger partial charge < -0.3 is 24.4 Å². The van der Waals surface area contributed by atoms with E-state index in [-0.39, 0.29) is 23.2 Å². The Morgan fingerprint density at radius 2 is 1.44 bits per heavy atom. The molecule has 7 nitrogen and oxygen atoms in total. The third-order valence-corrected chi connectivity index (χ3v) is 8.08. The van der Waals surface area contributed by atoms with E-state index in [2.05, 4.69) is 19.2 Å². The second kappa shape index (κ2) is 12.9. The van der Waals surface area contributed by atoms with Crippen molar-refractivity contribution in [1.82, 2.24) is 10.2 Å². The quantitative estimate of drug-likeness (QED) is 0.358. The van der Waals surface area contributed by atoms with Gasteiger partial charge >= 0.3 is 0 Å². The van der Waals surface area contributed by atoms with Crippen LogP contribution in [0, 0.1) is 5.92 Å². The number of amides is 2. The maximum atomic E-state index is 14.1. The Bertz CT molecular complexity index is 1200. The lowest BCUT2D eigenvalue weighted by Crippen LogP contribution is -2.50. The zero-order valence-corrected chi connectivity index (χ0v) is 23.9. The molecular weight excluding hydrogens is 512 g/mol. The molecule has 0 radical (unpaired) electrons. The highest BCUT2D eigenvalue weighted by molar-refractivity contribution is 8.00. The van der Waals surface area contributed by atoms with Crippen molar-refractivity contribution in [3.63, 3.8) is 0 Å². The first-order chi connectivity index (χ1) is 18.9. The van der Waals surface area contributed by atoms with Gasteiger partial charge in [-0.1, -0.05) is 74.5 Å². The smallest absolute Gasteiger partial charge is 0.255 e. The average molecular weight is 549 g/mol. The highest BCUT2D eigenvalue weighted by Gasteiger charge is 2.43. The van der Waals surface area contributed by atoms with Crippen molar-refractivity contribution >= 4 is 23.6 Å². The summed E-state index contributed by atoms with van der Waals surface area (Å²) < 4.78 is 16.4. The van der Waals surface area contributed by atoms with E-state index < -0.39 is 6.04 Å². The summed E-state index contributed by atoms with van der Waals surface area (Å²) >= 11 is 1.64. The molecule has 1 saturated heterocycles. The van der Waals surface area contributed by atoms with Crippen LogP contribution < -0.4 is 19.5 Å². The van der Waals surface area contributed by atoms with Crippen molar-refractivity contribution in [2.75, 3.05) is 27.1 Å². The number of nitrogens with zero attached hydrogens (tertiary/aromatic N) is 1. The molecule has 2 amide bonds. The molecule has 2 unspecified atom stereocenters. The average Bonchev–Trinajstić information content (AvgIpc) is 3.38. The first kappa shape index (κ1) is 28.4. The van der Waals surface area contributed by atoms with Crippen molar-refractivity contribution < 1.29 is 23.8 Å². The minimum Gasteiger partial charge on any atom is -0.493 e. The fourth-order valence-electron chi connectivity index (χ4n) is 4.86. The van der Waals surface area contributed by atoms with Gasteiger partial charge in [-0.3, -0.25) is 9.59 Å². The van der Waals surface area contributed by atoms with Crippen molar-refractivity contribution in [2.24, 2.45) is 5.92 Å². The number of nitrogens with one attached hydrogen (secondary N) is 1. The summed E-state index contributed by atoms with van der Waals surface area (Å²) in [5, 5.41) is 3.11. The molecule has 3 aromatic rings. The first-order valence-electron chi connectivity index (χ1n) is 13.0. The number of methoxy groups -OCH3 is 3. The Balaban J connectivity index is 1.68. The number of hydrogen-bond acceptors (Lipinski definition) is 6. The van der Waals surface area contributed by atoms with Crippen LogP contribution in [0.2, 0.25) is 0 Å². The van der Waals surface area contributed by atoms with E-state index in [1.807, 2.05) is 60.7 Å². The molecule has 0 bridgehead atoms. The van der Waals surface area contributed by atoms with Gasteiger partial charge in [-0.15, -0.1) is 11.8 Å². The van der Waals surface area contributed by atoms with Crippen LogP contribution in [0.4, 0.5) is 0 Å². The fraction of sp³-hybridized carbons (Fsp3) is 0.355. The lowest BCUT2D eigenvalue weighted by Gasteiger charge is -2.31. The molecule has 206 valence electrons. The monoisotopic (exact) mass is 548 g/mol. The van der Waals surface area contributed by atoms with Crippen LogP contribution in [0.25, 0.3) is 0 Å². The van der Waals surface area contributed by atoms with E-state index in [9.17, 15) is 9.59 Å². The third-order valence-electron chi connectivity index (χ3n) is 6.77. The van der Waals surface area contributed by atoms with Crippen LogP contribution >= 0.6 is 11.8 Å². The van der Waals surface area contributed by atoms with Crippen LogP contribution in [0.1, 0.15) is 47.8 Å². The molecule has 1 N–H and O–H groups in total. The molecule has 1 fully saturated rings. The van der Waals surface area contributed by atoms with Gasteiger partial charge in [-0.25, -0.2) is 0 Å². The first-order valence-corrected chi connectivity index (χ1v) is 14.1. The number of carbonyl (C=O) groups excluding carboxylic acids is 2. The Hall–Kier alpha value is -3.65. The number of carbonyl (C=O) groups is 2. The molecule has 1 aliphatic rings. The van der Waals surface area contributed by atoms with Crippen LogP contribution in [0.5, 0.6) is 17.2 Å². The standard InChI is InChI=1S/C31H36N2O5S/c1-20(2)16-27-33(31(35)23-17-25(36-3)29(38-5)26(18-23)37-4)24(19-39-27)30(34)32-28(21-12-8-6-9-13-21)22-14-10-7-11-15-22/h6-15,17-18,20,24,27-28H,16,19H2,1-5H3,(H,32,34). The van der Waals surface area contributed by atoms with Gasteiger partial charge in [0.25, 0.3) is 5.91 Å². The van der Waals surface area contributed by atoms with Gasteiger partial charge in [0.15, 0.2) is 11.5 Å². The van der Waals surface area contributed by atoms with Crippen molar-refractivity contribution in [3.05, 3.63) is 89.5 Å². The lowest BCUT2D eigenvalue weighted by atomic mass is 9.98. The van der Waals surface area contributed by atoms with Crippen LogP contribution in [-0.4, -0.2) is 55.2 Å². The third kappa shape index (κ3) is 6.33. The Morgan fingerprint density at radius 1 is 0.897 bits per heavy atom. The molecule has 39 heavy (non-hydrogen) atoms. The number of hydrogen-bond donors (Lipinski definition) is 1. The van der Waals surface area contributed by atoms with E-state index >= 15 is 0 Å². The zero-order chi connectivity index (χ0) is 27.9. The number of rotatable bonds is 10. The van der Waals surface area contributed by atoms with Crippen molar-refractivity contribution in [3.8, 4) is 17.2 Å². The predicted octanol–water partition coefficient (Wildman–Crippen LogP) is 5.55. The summed E-state index contributed by atoms with van der Waals surface area (Å²) in [7, 11) is 4.55. The molecule has 0 aromatic heterocycles. The maximum absolute atomic E-state index is 14.1. The molecule has 0 aliphatic carbocycles. The molecule has 8 heteroatoms. The largest absolute Gasteiger partial charge is 0.493 e. The summed E-state index contributed by atoms with van der Waals surface area (Å²) in [5.74, 6) is 1.61. The minimum absolute atomic E-state index is 0.140. The number of ether oxygens (including phenoxy) is 3. The van der Waals surface area contributed by atoms with Gasteiger partial charge in [0.2, 0.25) is 11.7 Å². The van der Waals surface area contributed by atoms with E-state index in [1.54, 1.807) is 28.8 Å². The minimum atomic E-state index is -0.639. The lowest BCUT2D eigenvalue weighted by molar-refractivity contribution is -0.125. The van der Waals surface area contributed by atoms with Crippen LogP contribution in [-0.2, 0) is 4.79 Å². The Labute approximate surface area is 234 Å². The molecule has 2 atom stereocenters. The van der Waals surface area contributed by atoms with Crippen LogP contribution in [0.3, 0.4) is 0 Å². The predicted molar refractivity (Wildman–Crippen MR) is 155 cm³/mol. The highest BCUT2D eigenvalue weighted by atomic mass is 32.2. The topological polar surface area (TPSA) is 77.1 Å². The molecule has 1 aliphatic heterocycles.